The minimum atomic E-state index is 0.215. The van der Waals surface area contributed by atoms with Crippen molar-refractivity contribution in [2.75, 3.05) is 39.3 Å². The standard InChI is InChI=1S/C24H27N3O2/c1-17-24(20-4-2-3-5-21(20)25-17)22(28)16-27-11-9-26(10-12-27)15-18-6-7-23-19(14-18)8-13-29-23/h2-7,14,25H,8-13,15-16H2,1H3. The minimum absolute atomic E-state index is 0.215. The van der Waals surface area contributed by atoms with Crippen molar-refractivity contribution in [2.45, 2.75) is 19.9 Å². The molecule has 0 atom stereocenters. The fourth-order valence-electron chi connectivity index (χ4n) is 4.62. The number of ketones is 1. The van der Waals surface area contributed by atoms with Gasteiger partial charge in [0.1, 0.15) is 5.75 Å². The number of aryl methyl sites for hydroxylation is 1. The molecule has 0 aliphatic carbocycles. The van der Waals surface area contributed by atoms with Gasteiger partial charge in [-0.15, -0.1) is 0 Å². The van der Waals surface area contributed by atoms with E-state index < -0.39 is 0 Å². The largest absolute Gasteiger partial charge is 0.493 e. The van der Waals surface area contributed by atoms with E-state index in [0.717, 1.165) is 73.7 Å². The zero-order chi connectivity index (χ0) is 19.8. The minimum Gasteiger partial charge on any atom is -0.493 e. The second kappa shape index (κ2) is 7.65. The third-order valence-corrected chi connectivity index (χ3v) is 6.16. The third-order valence-electron chi connectivity index (χ3n) is 6.16. The van der Waals surface area contributed by atoms with E-state index in [-0.39, 0.29) is 5.78 Å². The van der Waals surface area contributed by atoms with Gasteiger partial charge in [-0.25, -0.2) is 0 Å². The Hall–Kier alpha value is -2.63. The maximum absolute atomic E-state index is 13.0. The van der Waals surface area contributed by atoms with Gasteiger partial charge in [0.05, 0.1) is 13.2 Å². The molecule has 29 heavy (non-hydrogen) atoms. The van der Waals surface area contributed by atoms with Gasteiger partial charge in [-0.2, -0.15) is 0 Å². The van der Waals surface area contributed by atoms with Crippen LogP contribution in [0.4, 0.5) is 0 Å². The zero-order valence-corrected chi connectivity index (χ0v) is 16.9. The number of H-pyrrole nitrogens is 1. The summed E-state index contributed by atoms with van der Waals surface area (Å²) in [6.07, 6.45) is 1.02. The van der Waals surface area contributed by atoms with Crippen LogP contribution in [0, 0.1) is 6.92 Å². The summed E-state index contributed by atoms with van der Waals surface area (Å²) in [6, 6.07) is 14.6. The first-order valence-electron chi connectivity index (χ1n) is 10.5. The van der Waals surface area contributed by atoms with Crippen LogP contribution >= 0.6 is 0 Å². The molecule has 5 rings (SSSR count). The Morgan fingerprint density at radius 3 is 2.72 bits per heavy atom. The summed E-state index contributed by atoms with van der Waals surface area (Å²) in [5, 5.41) is 1.04. The predicted octanol–water partition coefficient (Wildman–Crippen LogP) is 3.41. The number of rotatable bonds is 5. The van der Waals surface area contributed by atoms with E-state index in [1.54, 1.807) is 0 Å². The first kappa shape index (κ1) is 18.4. The Balaban J connectivity index is 1.19. The van der Waals surface area contributed by atoms with Crippen molar-refractivity contribution in [3.8, 4) is 5.75 Å². The Morgan fingerprint density at radius 1 is 1.07 bits per heavy atom. The number of carbonyl (C=O) groups is 1. The normalized spacial score (nSPS) is 17.4. The number of ether oxygens (including phenoxy) is 1. The van der Waals surface area contributed by atoms with Crippen molar-refractivity contribution in [2.24, 2.45) is 0 Å². The topological polar surface area (TPSA) is 48.6 Å². The van der Waals surface area contributed by atoms with Crippen LogP contribution in [0.1, 0.15) is 27.2 Å². The lowest BCUT2D eigenvalue weighted by Gasteiger charge is -2.34. The van der Waals surface area contributed by atoms with Crippen molar-refractivity contribution < 1.29 is 9.53 Å². The second-order valence-electron chi connectivity index (χ2n) is 8.19. The smallest absolute Gasteiger partial charge is 0.179 e. The lowest BCUT2D eigenvalue weighted by atomic mass is 10.1. The molecular formula is C24H27N3O2. The highest BCUT2D eigenvalue weighted by atomic mass is 16.5. The molecule has 3 heterocycles. The molecule has 0 radical (unpaired) electrons. The van der Waals surface area contributed by atoms with Gasteiger partial charge in [0, 0.05) is 61.3 Å². The number of aromatic amines is 1. The maximum atomic E-state index is 13.0. The molecule has 2 aliphatic heterocycles. The van der Waals surface area contributed by atoms with Gasteiger partial charge in [0.25, 0.3) is 0 Å². The maximum Gasteiger partial charge on any atom is 0.179 e. The highest BCUT2D eigenvalue weighted by Gasteiger charge is 2.23. The Kier molecular flexibility index (Phi) is 4.86. The molecule has 1 fully saturated rings. The molecule has 2 aliphatic rings. The van der Waals surface area contributed by atoms with Crippen LogP contribution in [-0.2, 0) is 13.0 Å². The van der Waals surface area contributed by atoms with Crippen LogP contribution in [0.25, 0.3) is 10.9 Å². The van der Waals surface area contributed by atoms with Crippen LogP contribution in [0.5, 0.6) is 5.75 Å². The van der Waals surface area contributed by atoms with E-state index in [2.05, 4.69) is 33.0 Å². The number of fused-ring (bicyclic) bond motifs is 2. The Morgan fingerprint density at radius 2 is 1.86 bits per heavy atom. The Labute approximate surface area is 171 Å². The number of piperazine rings is 1. The molecule has 0 amide bonds. The molecule has 1 aromatic heterocycles. The fraction of sp³-hybridized carbons (Fsp3) is 0.375. The van der Waals surface area contributed by atoms with Gasteiger partial charge in [0.2, 0.25) is 0 Å². The highest BCUT2D eigenvalue weighted by molar-refractivity contribution is 6.10. The Bertz CT molecular complexity index is 1050. The van der Waals surface area contributed by atoms with Gasteiger partial charge < -0.3 is 9.72 Å². The van der Waals surface area contributed by atoms with Gasteiger partial charge in [0.15, 0.2) is 5.78 Å². The van der Waals surface area contributed by atoms with E-state index >= 15 is 0 Å². The molecule has 1 N–H and O–H groups in total. The van der Waals surface area contributed by atoms with Crippen molar-refractivity contribution in [3.63, 3.8) is 0 Å². The average Bonchev–Trinajstić information content (AvgIpc) is 3.32. The number of hydrogen-bond acceptors (Lipinski definition) is 4. The average molecular weight is 389 g/mol. The number of Topliss-reactive ketones (excluding diaryl/α,β-unsaturated/α-hetero) is 1. The zero-order valence-electron chi connectivity index (χ0n) is 16.9. The van der Waals surface area contributed by atoms with Gasteiger partial charge in [-0.3, -0.25) is 14.6 Å². The molecule has 0 bridgehead atoms. The van der Waals surface area contributed by atoms with Crippen molar-refractivity contribution in [3.05, 3.63) is 64.8 Å². The van der Waals surface area contributed by atoms with E-state index in [1.165, 1.54) is 11.1 Å². The van der Waals surface area contributed by atoms with E-state index in [4.69, 9.17) is 4.74 Å². The molecule has 5 heteroatoms. The van der Waals surface area contributed by atoms with Gasteiger partial charge >= 0.3 is 0 Å². The summed E-state index contributed by atoms with van der Waals surface area (Å²) in [7, 11) is 0. The summed E-state index contributed by atoms with van der Waals surface area (Å²) < 4.78 is 5.61. The van der Waals surface area contributed by atoms with E-state index in [1.807, 2.05) is 31.2 Å². The van der Waals surface area contributed by atoms with Crippen LogP contribution in [-0.4, -0.2) is 59.9 Å². The number of carbonyl (C=O) groups excluding carboxylic acids is 1. The molecule has 150 valence electrons. The summed E-state index contributed by atoms with van der Waals surface area (Å²) in [4.78, 5) is 21.1. The molecule has 1 saturated heterocycles. The summed E-state index contributed by atoms with van der Waals surface area (Å²) in [5.74, 6) is 1.26. The van der Waals surface area contributed by atoms with Crippen molar-refractivity contribution in [1.29, 1.82) is 0 Å². The number of nitrogens with zero attached hydrogens (tertiary/aromatic N) is 2. The van der Waals surface area contributed by atoms with Gasteiger partial charge in [-0.1, -0.05) is 30.3 Å². The molecule has 0 saturated carbocycles. The van der Waals surface area contributed by atoms with Crippen molar-refractivity contribution >= 4 is 16.7 Å². The molecule has 0 spiro atoms. The van der Waals surface area contributed by atoms with E-state index in [0.29, 0.717) is 6.54 Å². The summed E-state index contributed by atoms with van der Waals surface area (Å²) in [6.45, 7) is 8.11. The molecule has 2 aromatic carbocycles. The third kappa shape index (κ3) is 3.68. The van der Waals surface area contributed by atoms with Crippen LogP contribution < -0.4 is 4.74 Å². The molecular weight excluding hydrogens is 362 g/mol. The number of para-hydroxylation sites is 1. The fourth-order valence-corrected chi connectivity index (χ4v) is 4.62. The number of aromatic nitrogens is 1. The van der Waals surface area contributed by atoms with Gasteiger partial charge in [-0.05, 0) is 30.2 Å². The van der Waals surface area contributed by atoms with E-state index in [9.17, 15) is 4.79 Å². The SMILES string of the molecule is Cc1[nH]c2ccccc2c1C(=O)CN1CCN(Cc2ccc3c(c2)CCO3)CC1. The molecule has 5 nitrogen and oxygen atoms in total. The van der Waals surface area contributed by atoms with Crippen LogP contribution in [0.2, 0.25) is 0 Å². The number of nitrogens with one attached hydrogen (secondary N) is 1. The lowest BCUT2D eigenvalue weighted by Crippen LogP contribution is -2.47. The highest BCUT2D eigenvalue weighted by Crippen LogP contribution is 2.27. The first-order valence-corrected chi connectivity index (χ1v) is 10.5. The summed E-state index contributed by atoms with van der Waals surface area (Å²) >= 11 is 0. The monoisotopic (exact) mass is 389 g/mol. The quantitative estimate of drug-likeness (QED) is 0.680. The second-order valence-corrected chi connectivity index (χ2v) is 8.19. The number of benzene rings is 2. The number of hydrogen-bond donors (Lipinski definition) is 1. The first-order chi connectivity index (χ1) is 14.2. The van der Waals surface area contributed by atoms with Crippen LogP contribution in [0.3, 0.4) is 0 Å². The van der Waals surface area contributed by atoms with Crippen LogP contribution in [0.15, 0.2) is 42.5 Å². The molecule has 3 aromatic rings. The lowest BCUT2D eigenvalue weighted by molar-refractivity contribution is 0.0844. The molecule has 0 unspecified atom stereocenters. The summed E-state index contributed by atoms with van der Waals surface area (Å²) in [5.41, 5.74) is 5.55. The van der Waals surface area contributed by atoms with Crippen molar-refractivity contribution in [1.82, 2.24) is 14.8 Å². The predicted molar refractivity (Wildman–Crippen MR) is 115 cm³/mol.